The molecule has 0 unspecified atom stereocenters. The normalized spacial score (nSPS) is 16.4. The number of halogens is 1. The van der Waals surface area contributed by atoms with E-state index in [2.05, 4.69) is 6.92 Å². The molecule has 3 rings (SSSR count). The Kier molecular flexibility index (Phi) is 5.55. The zero-order valence-corrected chi connectivity index (χ0v) is 17.2. The van der Waals surface area contributed by atoms with E-state index in [4.69, 9.17) is 11.6 Å². The molecule has 3 heterocycles. The summed E-state index contributed by atoms with van der Waals surface area (Å²) in [7, 11) is -3.53. The maximum Gasteiger partial charge on any atom is 0.264 e. The summed E-state index contributed by atoms with van der Waals surface area (Å²) in [6.07, 6.45) is 0.908. The molecule has 0 spiro atoms. The van der Waals surface area contributed by atoms with E-state index in [1.165, 1.54) is 32.1 Å². The summed E-state index contributed by atoms with van der Waals surface area (Å²) in [6, 6.07) is 5.07. The number of rotatable bonds is 4. The Bertz CT molecular complexity index is 880. The van der Waals surface area contributed by atoms with Crippen LogP contribution in [0.15, 0.2) is 22.4 Å². The molecule has 1 aliphatic rings. The van der Waals surface area contributed by atoms with Crippen LogP contribution in [0.5, 0.6) is 0 Å². The lowest BCUT2D eigenvalue weighted by molar-refractivity contribution is 0.0703. The highest BCUT2D eigenvalue weighted by molar-refractivity contribution is 7.91. The zero-order valence-electron chi connectivity index (χ0n) is 14.0. The summed E-state index contributed by atoms with van der Waals surface area (Å²) in [5.74, 6) is -0.0102. The topological polar surface area (TPSA) is 57.7 Å². The molecule has 1 aliphatic heterocycles. The van der Waals surface area contributed by atoms with Gasteiger partial charge in [0.1, 0.15) is 4.21 Å². The zero-order chi connectivity index (χ0) is 18.2. The Labute approximate surface area is 160 Å². The molecule has 0 atom stereocenters. The van der Waals surface area contributed by atoms with Crippen molar-refractivity contribution in [1.82, 2.24) is 9.21 Å². The van der Waals surface area contributed by atoms with E-state index in [0.29, 0.717) is 30.5 Å². The van der Waals surface area contributed by atoms with E-state index < -0.39 is 10.0 Å². The van der Waals surface area contributed by atoms with Gasteiger partial charge in [-0.2, -0.15) is 4.31 Å². The molecule has 2 aromatic heterocycles. The highest BCUT2D eigenvalue weighted by Crippen LogP contribution is 2.29. The van der Waals surface area contributed by atoms with Crippen LogP contribution in [0, 0.1) is 6.92 Å². The second kappa shape index (κ2) is 7.36. The van der Waals surface area contributed by atoms with E-state index in [-0.39, 0.29) is 10.1 Å². The first-order chi connectivity index (χ1) is 11.8. The summed E-state index contributed by atoms with van der Waals surface area (Å²) in [6.45, 7) is 5.50. The Hall–Kier alpha value is -0.930. The number of thiophene rings is 2. The van der Waals surface area contributed by atoms with Crippen LogP contribution < -0.4 is 0 Å². The van der Waals surface area contributed by atoms with Crippen LogP contribution in [0.2, 0.25) is 4.34 Å². The van der Waals surface area contributed by atoms with Crippen molar-refractivity contribution in [2.24, 2.45) is 0 Å². The SMILES string of the molecule is CCc1cc(C(=O)N2CCN(S(=O)(=O)c3ccc(Cl)s3)CC2)sc1C. The highest BCUT2D eigenvalue weighted by atomic mass is 35.5. The smallest absolute Gasteiger partial charge is 0.264 e. The molecule has 1 saturated heterocycles. The number of carbonyl (C=O) groups is 1. The molecule has 0 aliphatic carbocycles. The Morgan fingerprint density at radius 2 is 1.88 bits per heavy atom. The van der Waals surface area contributed by atoms with Gasteiger partial charge >= 0.3 is 0 Å². The summed E-state index contributed by atoms with van der Waals surface area (Å²) in [5.41, 5.74) is 1.20. The number of aryl methyl sites for hydroxylation is 2. The standard InChI is InChI=1S/C16H19ClN2O3S3/c1-3-12-10-13(23-11(12)2)16(20)18-6-8-19(9-7-18)25(21,22)15-5-4-14(17)24-15/h4-5,10H,3,6-9H2,1-2H3. The number of amides is 1. The van der Waals surface area contributed by atoms with Crippen LogP contribution in [0.1, 0.15) is 27.0 Å². The minimum absolute atomic E-state index is 0.0102. The fraction of sp³-hybridized carbons (Fsp3) is 0.438. The van der Waals surface area contributed by atoms with Crippen LogP contribution >= 0.6 is 34.3 Å². The minimum Gasteiger partial charge on any atom is -0.335 e. The summed E-state index contributed by atoms with van der Waals surface area (Å²) in [5, 5.41) is 0. The van der Waals surface area contributed by atoms with E-state index in [9.17, 15) is 13.2 Å². The molecule has 2 aromatic rings. The quantitative estimate of drug-likeness (QED) is 0.763. The third-order valence-corrected chi connectivity index (χ3v) is 8.96. The van der Waals surface area contributed by atoms with E-state index in [1.54, 1.807) is 11.0 Å². The molecule has 5 nitrogen and oxygen atoms in total. The van der Waals surface area contributed by atoms with Crippen molar-refractivity contribution < 1.29 is 13.2 Å². The first-order valence-electron chi connectivity index (χ1n) is 7.97. The van der Waals surface area contributed by atoms with Gasteiger partial charge in [0.2, 0.25) is 0 Å². The molecule has 9 heteroatoms. The number of hydrogen-bond acceptors (Lipinski definition) is 5. The van der Waals surface area contributed by atoms with Crippen molar-refractivity contribution in [3.05, 3.63) is 37.9 Å². The largest absolute Gasteiger partial charge is 0.335 e. The van der Waals surface area contributed by atoms with Gasteiger partial charge in [-0.25, -0.2) is 8.42 Å². The highest BCUT2D eigenvalue weighted by Gasteiger charge is 2.31. The van der Waals surface area contributed by atoms with Gasteiger partial charge in [-0.15, -0.1) is 22.7 Å². The van der Waals surface area contributed by atoms with E-state index >= 15 is 0 Å². The lowest BCUT2D eigenvalue weighted by Gasteiger charge is -2.33. The molecular weight excluding hydrogens is 400 g/mol. The lowest BCUT2D eigenvalue weighted by atomic mass is 10.2. The van der Waals surface area contributed by atoms with Crippen LogP contribution in [0.4, 0.5) is 0 Å². The van der Waals surface area contributed by atoms with Gasteiger partial charge in [-0.05, 0) is 37.1 Å². The first kappa shape index (κ1) is 18.8. The second-order valence-electron chi connectivity index (χ2n) is 5.80. The Morgan fingerprint density at radius 3 is 2.40 bits per heavy atom. The van der Waals surface area contributed by atoms with E-state index in [1.807, 2.05) is 13.0 Å². The van der Waals surface area contributed by atoms with Crippen molar-refractivity contribution in [1.29, 1.82) is 0 Å². The van der Waals surface area contributed by atoms with Crippen LogP contribution in [0.25, 0.3) is 0 Å². The summed E-state index contributed by atoms with van der Waals surface area (Å²) < 4.78 is 27.3. The molecule has 0 aromatic carbocycles. The Morgan fingerprint density at radius 1 is 1.20 bits per heavy atom. The van der Waals surface area contributed by atoms with Gasteiger partial charge in [0.05, 0.1) is 9.21 Å². The molecule has 0 saturated carbocycles. The number of sulfonamides is 1. The van der Waals surface area contributed by atoms with Crippen LogP contribution in [-0.4, -0.2) is 49.7 Å². The number of hydrogen-bond donors (Lipinski definition) is 0. The maximum atomic E-state index is 12.7. The fourth-order valence-electron chi connectivity index (χ4n) is 2.83. The molecule has 25 heavy (non-hydrogen) atoms. The second-order valence-corrected chi connectivity index (χ2v) is 10.9. The van der Waals surface area contributed by atoms with Gasteiger partial charge in [-0.3, -0.25) is 4.79 Å². The molecule has 0 bridgehead atoms. The molecule has 0 radical (unpaired) electrons. The molecule has 1 amide bonds. The van der Waals surface area contributed by atoms with Crippen molar-refractivity contribution in [3.8, 4) is 0 Å². The average molecular weight is 419 g/mol. The monoisotopic (exact) mass is 418 g/mol. The van der Waals surface area contributed by atoms with Gasteiger partial charge < -0.3 is 4.90 Å². The number of nitrogens with zero attached hydrogens (tertiary/aromatic N) is 2. The minimum atomic E-state index is -3.53. The average Bonchev–Trinajstić information content (AvgIpc) is 3.20. The van der Waals surface area contributed by atoms with Crippen molar-refractivity contribution in [2.75, 3.05) is 26.2 Å². The van der Waals surface area contributed by atoms with Crippen molar-refractivity contribution in [3.63, 3.8) is 0 Å². The fourth-order valence-corrected chi connectivity index (χ4v) is 6.97. The van der Waals surface area contributed by atoms with Gasteiger partial charge in [0, 0.05) is 31.1 Å². The van der Waals surface area contributed by atoms with Crippen LogP contribution in [0.3, 0.4) is 0 Å². The maximum absolute atomic E-state index is 12.7. The third-order valence-electron chi connectivity index (χ3n) is 4.28. The van der Waals surface area contributed by atoms with Crippen LogP contribution in [-0.2, 0) is 16.4 Å². The summed E-state index contributed by atoms with van der Waals surface area (Å²) >= 11 is 8.42. The predicted octanol–water partition coefficient (Wildman–Crippen LogP) is 3.48. The van der Waals surface area contributed by atoms with Gasteiger partial charge in [-0.1, -0.05) is 18.5 Å². The molecule has 0 N–H and O–H groups in total. The molecule has 1 fully saturated rings. The van der Waals surface area contributed by atoms with E-state index in [0.717, 1.165) is 22.6 Å². The molecule has 136 valence electrons. The Balaban J connectivity index is 1.68. The first-order valence-corrected chi connectivity index (χ1v) is 11.4. The van der Waals surface area contributed by atoms with Gasteiger partial charge in [0.15, 0.2) is 0 Å². The number of carbonyl (C=O) groups excluding carboxylic acids is 1. The van der Waals surface area contributed by atoms with Crippen molar-refractivity contribution in [2.45, 2.75) is 24.5 Å². The molecular formula is C16H19ClN2O3S3. The predicted molar refractivity (Wildman–Crippen MR) is 102 cm³/mol. The number of piperazine rings is 1. The lowest BCUT2D eigenvalue weighted by Crippen LogP contribution is -2.50. The third kappa shape index (κ3) is 3.78. The summed E-state index contributed by atoms with van der Waals surface area (Å²) in [4.78, 5) is 16.3. The van der Waals surface area contributed by atoms with Crippen molar-refractivity contribution >= 4 is 50.2 Å². The van der Waals surface area contributed by atoms with Gasteiger partial charge in [0.25, 0.3) is 15.9 Å².